The fourth-order valence-electron chi connectivity index (χ4n) is 2.78. The summed E-state index contributed by atoms with van der Waals surface area (Å²) in [4.78, 5) is 10.1. The van der Waals surface area contributed by atoms with E-state index in [4.69, 9.17) is 5.11 Å². The van der Waals surface area contributed by atoms with Crippen LogP contribution in [0.3, 0.4) is 0 Å². The maximum absolute atomic E-state index is 10.1. The summed E-state index contributed by atoms with van der Waals surface area (Å²) >= 11 is 0. The molecule has 0 unspecified atom stereocenters. The summed E-state index contributed by atoms with van der Waals surface area (Å²) in [5.41, 5.74) is 5.63. The Balaban J connectivity index is 0.000000192. The largest absolute Gasteiger partial charge is 0.465 e. The van der Waals surface area contributed by atoms with Gasteiger partial charge in [-0.05, 0) is 40.5 Å². The molecule has 0 aliphatic heterocycles. The van der Waals surface area contributed by atoms with Crippen molar-refractivity contribution in [1.82, 2.24) is 0 Å². The van der Waals surface area contributed by atoms with Crippen LogP contribution in [0.5, 0.6) is 0 Å². The highest BCUT2D eigenvalue weighted by Gasteiger charge is 2.00. The predicted molar refractivity (Wildman–Crippen MR) is 115 cm³/mol. The average Bonchev–Trinajstić information content (AvgIpc) is 2.76. The summed E-state index contributed by atoms with van der Waals surface area (Å²) in [6, 6.07) is 38.4. The van der Waals surface area contributed by atoms with Gasteiger partial charge in [0, 0.05) is 5.69 Å². The van der Waals surface area contributed by atoms with Crippen molar-refractivity contribution in [2.75, 3.05) is 5.32 Å². The molecule has 4 aromatic rings. The molecule has 0 bridgehead atoms. The normalized spacial score (nSPS) is 9.71. The van der Waals surface area contributed by atoms with Crippen LogP contribution in [0.15, 0.2) is 115 Å². The molecule has 0 aliphatic rings. The third kappa shape index (κ3) is 5.58. The highest BCUT2D eigenvalue weighted by Crippen LogP contribution is 2.25. The van der Waals surface area contributed by atoms with Crippen LogP contribution in [0.25, 0.3) is 22.3 Å². The van der Waals surface area contributed by atoms with E-state index in [9.17, 15) is 4.79 Å². The highest BCUT2D eigenvalue weighted by molar-refractivity contribution is 5.82. The third-order valence-electron chi connectivity index (χ3n) is 4.10. The first-order chi connectivity index (χ1) is 13.7. The van der Waals surface area contributed by atoms with E-state index in [-0.39, 0.29) is 0 Å². The van der Waals surface area contributed by atoms with Crippen molar-refractivity contribution in [3.8, 4) is 22.3 Å². The Labute approximate surface area is 164 Å². The number of hydrogen-bond acceptors (Lipinski definition) is 1. The number of nitrogens with one attached hydrogen (secondary N) is 1. The van der Waals surface area contributed by atoms with Gasteiger partial charge in [-0.15, -0.1) is 0 Å². The lowest BCUT2D eigenvalue weighted by atomic mass is 9.99. The van der Waals surface area contributed by atoms with E-state index in [0.29, 0.717) is 5.69 Å². The van der Waals surface area contributed by atoms with E-state index < -0.39 is 6.09 Å². The Morgan fingerprint density at radius 1 is 0.536 bits per heavy atom. The van der Waals surface area contributed by atoms with E-state index in [2.05, 4.69) is 78.1 Å². The fraction of sp³-hybridized carbons (Fsp3) is 0. The Morgan fingerprint density at radius 2 is 0.929 bits per heavy atom. The van der Waals surface area contributed by atoms with Gasteiger partial charge in [0.05, 0.1) is 0 Å². The van der Waals surface area contributed by atoms with Gasteiger partial charge in [0.2, 0.25) is 0 Å². The van der Waals surface area contributed by atoms with Gasteiger partial charge in [-0.2, -0.15) is 0 Å². The molecule has 0 spiro atoms. The standard InChI is InChI=1S/C18H14.C7H7NO2/c1-3-8-15(9-4-1)17-12-7-13-18(14-17)16-10-5-2-6-11-16;9-7(10)8-6-4-2-1-3-5-6/h1-14H;1-5,8H,(H,9,10). The van der Waals surface area contributed by atoms with Crippen molar-refractivity contribution >= 4 is 11.8 Å². The molecule has 28 heavy (non-hydrogen) atoms. The molecular weight excluding hydrogens is 346 g/mol. The zero-order valence-electron chi connectivity index (χ0n) is 15.3. The zero-order valence-corrected chi connectivity index (χ0v) is 15.3. The summed E-state index contributed by atoms with van der Waals surface area (Å²) in [5, 5.41) is 10.5. The monoisotopic (exact) mass is 367 g/mol. The van der Waals surface area contributed by atoms with Gasteiger partial charge in [0.25, 0.3) is 0 Å². The van der Waals surface area contributed by atoms with E-state index in [1.165, 1.54) is 22.3 Å². The number of para-hydroxylation sites is 1. The Kier molecular flexibility index (Phi) is 6.58. The lowest BCUT2D eigenvalue weighted by molar-refractivity contribution is 0.210. The van der Waals surface area contributed by atoms with E-state index >= 15 is 0 Å². The Hall–Kier alpha value is -3.85. The minimum absolute atomic E-state index is 0.593. The van der Waals surface area contributed by atoms with Crippen LogP contribution >= 0.6 is 0 Å². The summed E-state index contributed by atoms with van der Waals surface area (Å²) in [5.74, 6) is 0. The first-order valence-corrected chi connectivity index (χ1v) is 8.98. The van der Waals surface area contributed by atoms with Gasteiger partial charge in [0.1, 0.15) is 0 Å². The highest BCUT2D eigenvalue weighted by atomic mass is 16.4. The van der Waals surface area contributed by atoms with Crippen molar-refractivity contribution in [3.63, 3.8) is 0 Å². The number of rotatable bonds is 3. The van der Waals surface area contributed by atoms with Gasteiger partial charge in [-0.25, -0.2) is 4.79 Å². The summed E-state index contributed by atoms with van der Waals surface area (Å²) in [6.07, 6.45) is -1.04. The van der Waals surface area contributed by atoms with Gasteiger partial charge < -0.3 is 5.11 Å². The van der Waals surface area contributed by atoms with Crippen LogP contribution in [-0.2, 0) is 0 Å². The number of carboxylic acid groups (broad SMARTS) is 1. The van der Waals surface area contributed by atoms with E-state index in [1.54, 1.807) is 24.3 Å². The third-order valence-corrected chi connectivity index (χ3v) is 4.10. The second kappa shape index (κ2) is 9.74. The fourth-order valence-corrected chi connectivity index (χ4v) is 2.78. The van der Waals surface area contributed by atoms with Crippen LogP contribution < -0.4 is 5.32 Å². The van der Waals surface area contributed by atoms with Crippen LogP contribution in [0.1, 0.15) is 0 Å². The quantitative estimate of drug-likeness (QED) is 0.418. The number of amides is 1. The molecule has 0 aliphatic carbocycles. The summed E-state index contributed by atoms with van der Waals surface area (Å²) < 4.78 is 0. The molecule has 0 saturated heterocycles. The molecule has 4 rings (SSSR count). The van der Waals surface area contributed by atoms with Gasteiger partial charge >= 0.3 is 6.09 Å². The van der Waals surface area contributed by atoms with Crippen LogP contribution in [0, 0.1) is 0 Å². The molecule has 1 amide bonds. The van der Waals surface area contributed by atoms with Gasteiger partial charge in [0.15, 0.2) is 0 Å². The second-order valence-corrected chi connectivity index (χ2v) is 6.11. The van der Waals surface area contributed by atoms with Crippen molar-refractivity contribution in [2.24, 2.45) is 0 Å². The topological polar surface area (TPSA) is 49.3 Å². The molecule has 0 aromatic heterocycles. The minimum Gasteiger partial charge on any atom is -0.465 e. The molecule has 4 aromatic carbocycles. The van der Waals surface area contributed by atoms with Crippen molar-refractivity contribution in [3.05, 3.63) is 115 Å². The average molecular weight is 367 g/mol. The number of carbonyl (C=O) groups is 1. The molecule has 2 N–H and O–H groups in total. The van der Waals surface area contributed by atoms with Gasteiger partial charge in [-0.1, -0.05) is 97.1 Å². The molecule has 0 atom stereocenters. The molecule has 3 nitrogen and oxygen atoms in total. The predicted octanol–water partition coefficient (Wildman–Crippen LogP) is 6.80. The molecule has 138 valence electrons. The summed E-state index contributed by atoms with van der Waals surface area (Å²) in [6.45, 7) is 0. The summed E-state index contributed by atoms with van der Waals surface area (Å²) in [7, 11) is 0. The molecule has 3 heteroatoms. The molecule has 0 radical (unpaired) electrons. The van der Waals surface area contributed by atoms with Crippen molar-refractivity contribution < 1.29 is 9.90 Å². The lowest BCUT2D eigenvalue weighted by Crippen LogP contribution is -2.06. The SMILES string of the molecule is O=C(O)Nc1ccccc1.c1ccc(-c2cccc(-c3ccccc3)c2)cc1. The number of hydrogen-bond donors (Lipinski definition) is 2. The molecule has 0 fully saturated rings. The van der Waals surface area contributed by atoms with E-state index in [1.807, 2.05) is 18.2 Å². The zero-order chi connectivity index (χ0) is 19.6. The maximum atomic E-state index is 10.1. The second-order valence-electron chi connectivity index (χ2n) is 6.11. The molecule has 0 saturated carbocycles. The van der Waals surface area contributed by atoms with Crippen LogP contribution in [0.2, 0.25) is 0 Å². The van der Waals surface area contributed by atoms with E-state index in [0.717, 1.165) is 0 Å². The Bertz CT molecular complexity index is 945. The lowest BCUT2D eigenvalue weighted by Gasteiger charge is -2.05. The smallest absolute Gasteiger partial charge is 0.409 e. The van der Waals surface area contributed by atoms with Crippen molar-refractivity contribution in [2.45, 2.75) is 0 Å². The number of anilines is 1. The van der Waals surface area contributed by atoms with Crippen LogP contribution in [-0.4, -0.2) is 11.2 Å². The minimum atomic E-state index is -1.04. The van der Waals surface area contributed by atoms with Gasteiger partial charge in [-0.3, -0.25) is 5.32 Å². The molecular formula is C25H21NO2. The number of benzene rings is 4. The Morgan fingerprint density at radius 3 is 1.36 bits per heavy atom. The first-order valence-electron chi connectivity index (χ1n) is 8.98. The van der Waals surface area contributed by atoms with Crippen molar-refractivity contribution in [1.29, 1.82) is 0 Å². The first kappa shape index (κ1) is 18.9. The molecule has 0 heterocycles. The maximum Gasteiger partial charge on any atom is 0.409 e. The van der Waals surface area contributed by atoms with Crippen LogP contribution in [0.4, 0.5) is 10.5 Å².